The van der Waals surface area contributed by atoms with Crippen molar-refractivity contribution in [3.63, 3.8) is 0 Å². The standard InChI is InChI=1S/C52H34N2Se/c1-2-13-39(14-3-1)54-49-19-8-6-16-45(49)48-33-38(25-32-50(48)54)35-21-26-40(27-22-35)53(42-30-31-47-46-17-7-9-20-51(46)55-52(47)34-42)41-28-23-37(24-29-41)44-18-10-12-36-11-4-5-15-43(36)44/h1-34H. The zero-order valence-corrected chi connectivity index (χ0v) is 31.6. The summed E-state index contributed by atoms with van der Waals surface area (Å²) in [7, 11) is 0. The molecule has 9 aromatic carbocycles. The van der Waals surface area contributed by atoms with Gasteiger partial charge in [-0.1, -0.05) is 42.5 Å². The van der Waals surface area contributed by atoms with Gasteiger partial charge in [0.15, 0.2) is 0 Å². The van der Waals surface area contributed by atoms with E-state index < -0.39 is 0 Å². The van der Waals surface area contributed by atoms with Crippen molar-refractivity contribution in [2.24, 2.45) is 0 Å². The van der Waals surface area contributed by atoms with E-state index in [1.807, 2.05) is 0 Å². The number of nitrogens with zero attached hydrogens (tertiary/aromatic N) is 2. The molecule has 2 aromatic heterocycles. The van der Waals surface area contributed by atoms with Gasteiger partial charge in [-0.3, -0.25) is 0 Å². The smallest absolute Gasteiger partial charge is 0.0602 e. The summed E-state index contributed by atoms with van der Waals surface area (Å²) in [5.74, 6) is 0. The number of benzene rings is 9. The van der Waals surface area contributed by atoms with E-state index in [1.165, 1.54) is 85.5 Å². The van der Waals surface area contributed by atoms with Gasteiger partial charge in [-0.2, -0.15) is 0 Å². The predicted octanol–water partition coefficient (Wildman–Crippen LogP) is 14.1. The SMILES string of the molecule is c1ccc(-n2c3ccccc3c3cc(-c4ccc(N(c5ccc(-c6cccc7ccccc67)cc5)c5ccc6c(c5)[se]c5ccccc56)cc4)ccc32)cc1. The molecule has 55 heavy (non-hydrogen) atoms. The van der Waals surface area contributed by atoms with Crippen LogP contribution in [0.15, 0.2) is 206 Å². The Balaban J connectivity index is 1.01. The van der Waals surface area contributed by atoms with Crippen molar-refractivity contribution < 1.29 is 0 Å². The van der Waals surface area contributed by atoms with Crippen LogP contribution >= 0.6 is 0 Å². The van der Waals surface area contributed by atoms with Gasteiger partial charge >= 0.3 is 251 Å². The molecule has 2 nitrogen and oxygen atoms in total. The van der Waals surface area contributed by atoms with Crippen LogP contribution in [0, 0.1) is 0 Å². The summed E-state index contributed by atoms with van der Waals surface area (Å²) in [5.41, 5.74) is 11.9. The molecule has 0 atom stereocenters. The van der Waals surface area contributed by atoms with E-state index in [4.69, 9.17) is 0 Å². The van der Waals surface area contributed by atoms with Gasteiger partial charge in [0.1, 0.15) is 0 Å². The van der Waals surface area contributed by atoms with Crippen LogP contribution in [0.5, 0.6) is 0 Å². The minimum absolute atomic E-state index is 0.276. The number of rotatable bonds is 6. The first-order valence-corrected chi connectivity index (χ1v) is 20.5. The molecule has 3 heteroatoms. The first-order valence-electron chi connectivity index (χ1n) is 18.8. The molecule has 0 aliphatic carbocycles. The second-order valence-corrected chi connectivity index (χ2v) is 16.4. The molecule has 0 fully saturated rings. The maximum absolute atomic E-state index is 2.41. The van der Waals surface area contributed by atoms with Crippen LogP contribution in [0.25, 0.3) is 79.8 Å². The molecule has 0 aliphatic heterocycles. The summed E-state index contributed by atoms with van der Waals surface area (Å²) in [6.45, 7) is 0. The average molecular weight is 766 g/mol. The molecule has 0 amide bonds. The van der Waals surface area contributed by atoms with E-state index in [-0.39, 0.29) is 14.5 Å². The number of anilines is 3. The zero-order chi connectivity index (χ0) is 36.3. The van der Waals surface area contributed by atoms with E-state index in [0.29, 0.717) is 0 Å². The summed E-state index contributed by atoms with van der Waals surface area (Å²) in [5, 5.41) is 7.79. The van der Waals surface area contributed by atoms with E-state index in [1.54, 1.807) is 0 Å². The van der Waals surface area contributed by atoms with E-state index in [9.17, 15) is 0 Å². The van der Waals surface area contributed by atoms with Crippen molar-refractivity contribution in [3.05, 3.63) is 206 Å². The molecule has 11 aromatic rings. The van der Waals surface area contributed by atoms with Crippen LogP contribution in [0.4, 0.5) is 17.1 Å². The Bertz CT molecular complexity index is 3180. The number of hydrogen-bond acceptors (Lipinski definition) is 1. The van der Waals surface area contributed by atoms with Crippen molar-refractivity contribution in [2.45, 2.75) is 0 Å². The number of para-hydroxylation sites is 2. The average Bonchev–Trinajstić information content (AvgIpc) is 3.79. The summed E-state index contributed by atoms with van der Waals surface area (Å²) >= 11 is 0.276. The Labute approximate surface area is 325 Å². The van der Waals surface area contributed by atoms with Gasteiger partial charge in [-0.25, -0.2) is 0 Å². The number of fused-ring (bicyclic) bond motifs is 7. The molecule has 0 N–H and O–H groups in total. The van der Waals surface area contributed by atoms with Crippen molar-refractivity contribution >= 4 is 83.4 Å². The summed E-state index contributed by atoms with van der Waals surface area (Å²) in [6, 6.07) is 75.6. The fourth-order valence-electron chi connectivity index (χ4n) is 8.38. The minimum Gasteiger partial charge on any atom is -0.0602 e. The van der Waals surface area contributed by atoms with Crippen LogP contribution < -0.4 is 4.90 Å². The van der Waals surface area contributed by atoms with E-state index >= 15 is 0 Å². The first-order chi connectivity index (χ1) is 27.3. The van der Waals surface area contributed by atoms with Crippen LogP contribution in [0.3, 0.4) is 0 Å². The monoisotopic (exact) mass is 766 g/mol. The van der Waals surface area contributed by atoms with Gasteiger partial charge in [0.2, 0.25) is 0 Å². The number of aromatic nitrogens is 1. The molecule has 0 unspecified atom stereocenters. The van der Waals surface area contributed by atoms with Gasteiger partial charge in [0.05, 0.1) is 5.52 Å². The molecule has 0 saturated carbocycles. The topological polar surface area (TPSA) is 8.17 Å². The molecule has 2 heterocycles. The second-order valence-electron chi connectivity index (χ2n) is 14.2. The number of hydrogen-bond donors (Lipinski definition) is 0. The van der Waals surface area contributed by atoms with Crippen LogP contribution in [-0.2, 0) is 0 Å². The van der Waals surface area contributed by atoms with Crippen molar-refractivity contribution in [1.29, 1.82) is 0 Å². The van der Waals surface area contributed by atoms with E-state index in [2.05, 4.69) is 216 Å². The van der Waals surface area contributed by atoms with Crippen molar-refractivity contribution in [1.82, 2.24) is 4.57 Å². The molecule has 0 spiro atoms. The quantitative estimate of drug-likeness (QED) is 0.153. The molecule has 0 saturated heterocycles. The van der Waals surface area contributed by atoms with E-state index in [0.717, 1.165) is 11.4 Å². The van der Waals surface area contributed by atoms with Gasteiger partial charge in [-0.15, -0.1) is 0 Å². The van der Waals surface area contributed by atoms with Crippen LogP contribution in [0.1, 0.15) is 0 Å². The van der Waals surface area contributed by atoms with Crippen LogP contribution in [0.2, 0.25) is 0 Å². The zero-order valence-electron chi connectivity index (χ0n) is 29.9. The van der Waals surface area contributed by atoms with Gasteiger partial charge < -0.3 is 4.57 Å². The molecule has 0 radical (unpaired) electrons. The Morgan fingerprint density at radius 3 is 1.76 bits per heavy atom. The normalized spacial score (nSPS) is 11.6. The first kappa shape index (κ1) is 31.8. The summed E-state index contributed by atoms with van der Waals surface area (Å²) in [4.78, 5) is 2.41. The summed E-state index contributed by atoms with van der Waals surface area (Å²) in [6.07, 6.45) is 0. The Hall–Kier alpha value is -6.64. The second kappa shape index (κ2) is 13.0. The fraction of sp³-hybridized carbons (Fsp3) is 0. The Morgan fingerprint density at radius 2 is 0.945 bits per heavy atom. The Morgan fingerprint density at radius 1 is 0.345 bits per heavy atom. The molecule has 0 bridgehead atoms. The third-order valence-corrected chi connectivity index (χ3v) is 13.4. The van der Waals surface area contributed by atoms with Gasteiger partial charge in [-0.05, 0) is 18.2 Å². The molecular formula is C52H34N2Se. The predicted molar refractivity (Wildman–Crippen MR) is 236 cm³/mol. The van der Waals surface area contributed by atoms with Gasteiger partial charge in [0, 0.05) is 5.69 Å². The van der Waals surface area contributed by atoms with Gasteiger partial charge in [0.25, 0.3) is 0 Å². The minimum atomic E-state index is 0.276. The third-order valence-electron chi connectivity index (χ3n) is 11.0. The maximum atomic E-state index is 2.41. The van der Waals surface area contributed by atoms with Crippen LogP contribution in [-0.4, -0.2) is 19.1 Å². The molecule has 11 rings (SSSR count). The summed E-state index contributed by atoms with van der Waals surface area (Å²) < 4.78 is 5.27. The van der Waals surface area contributed by atoms with Crippen molar-refractivity contribution in [2.75, 3.05) is 4.90 Å². The third kappa shape index (κ3) is 5.40. The molecule has 258 valence electrons. The fourth-order valence-corrected chi connectivity index (χ4v) is 10.8. The molecular weight excluding hydrogens is 732 g/mol. The Kier molecular flexibility index (Phi) is 7.55. The van der Waals surface area contributed by atoms with Crippen molar-refractivity contribution in [3.8, 4) is 27.9 Å². The molecule has 0 aliphatic rings.